The van der Waals surface area contributed by atoms with Crippen LogP contribution in [0.25, 0.3) is 0 Å². The van der Waals surface area contributed by atoms with Crippen LogP contribution in [0.15, 0.2) is 49.1 Å². The standard InChI is InChI=1S/2C10H15N/c1-10(2,3)8-9-4-6-11-7-5-9;1-10(2,3)7-9-5-4-6-11-8-9/h4-7H,8H2,1-3H3;4-6,8H,7H2,1-3H3. The topological polar surface area (TPSA) is 25.8 Å². The van der Waals surface area contributed by atoms with E-state index in [1.165, 1.54) is 11.1 Å². The first-order valence-electron chi connectivity index (χ1n) is 7.94. The van der Waals surface area contributed by atoms with Gasteiger partial charge >= 0.3 is 0 Å². The van der Waals surface area contributed by atoms with E-state index in [4.69, 9.17) is 0 Å². The SMILES string of the molecule is CC(C)(C)Cc1cccnc1.CC(C)(C)Cc1ccncc1. The lowest BCUT2D eigenvalue weighted by atomic mass is 9.89. The quantitative estimate of drug-likeness (QED) is 0.748. The minimum atomic E-state index is 0.364. The molecule has 2 aromatic rings. The van der Waals surface area contributed by atoms with Crippen molar-refractivity contribution in [1.29, 1.82) is 0 Å². The fraction of sp³-hybridized carbons (Fsp3) is 0.500. The molecule has 0 aliphatic heterocycles. The molecular formula is C20H30N2. The highest BCUT2D eigenvalue weighted by Crippen LogP contribution is 2.20. The summed E-state index contributed by atoms with van der Waals surface area (Å²) in [6.45, 7) is 13.4. The Morgan fingerprint density at radius 2 is 1.23 bits per heavy atom. The largest absolute Gasteiger partial charge is 0.265 e. The Morgan fingerprint density at radius 1 is 0.682 bits per heavy atom. The molecular weight excluding hydrogens is 268 g/mol. The van der Waals surface area contributed by atoms with Crippen LogP contribution in [0, 0.1) is 10.8 Å². The average Bonchev–Trinajstić information content (AvgIpc) is 2.38. The highest BCUT2D eigenvalue weighted by Gasteiger charge is 2.10. The fourth-order valence-electron chi connectivity index (χ4n) is 2.23. The van der Waals surface area contributed by atoms with E-state index in [2.05, 4.69) is 69.7 Å². The second kappa shape index (κ2) is 8.07. The maximum absolute atomic E-state index is 4.07. The minimum absolute atomic E-state index is 0.364. The third-order valence-electron chi connectivity index (χ3n) is 2.94. The van der Waals surface area contributed by atoms with Crippen molar-refractivity contribution in [3.8, 4) is 0 Å². The molecule has 2 heterocycles. The van der Waals surface area contributed by atoms with Gasteiger partial charge in [0.25, 0.3) is 0 Å². The zero-order chi connectivity index (χ0) is 16.6. The molecule has 22 heavy (non-hydrogen) atoms. The summed E-state index contributed by atoms with van der Waals surface area (Å²) in [7, 11) is 0. The maximum atomic E-state index is 4.07. The molecule has 120 valence electrons. The molecule has 0 saturated carbocycles. The summed E-state index contributed by atoms with van der Waals surface area (Å²) in [5.41, 5.74) is 3.43. The van der Waals surface area contributed by atoms with E-state index in [1.807, 2.05) is 30.9 Å². The van der Waals surface area contributed by atoms with Crippen LogP contribution >= 0.6 is 0 Å². The van der Waals surface area contributed by atoms with Gasteiger partial charge in [-0.25, -0.2) is 0 Å². The molecule has 2 rings (SSSR count). The van der Waals surface area contributed by atoms with Crippen molar-refractivity contribution in [3.63, 3.8) is 0 Å². The maximum Gasteiger partial charge on any atom is 0.0300 e. The number of aromatic nitrogens is 2. The average molecular weight is 298 g/mol. The van der Waals surface area contributed by atoms with Crippen LogP contribution in [-0.4, -0.2) is 9.97 Å². The minimum Gasteiger partial charge on any atom is -0.265 e. The summed E-state index contributed by atoms with van der Waals surface area (Å²) in [6.07, 6.45) is 9.66. The van der Waals surface area contributed by atoms with Crippen molar-refractivity contribution in [1.82, 2.24) is 9.97 Å². The van der Waals surface area contributed by atoms with Gasteiger partial charge in [0.15, 0.2) is 0 Å². The second-order valence-corrected chi connectivity index (χ2v) is 8.19. The highest BCUT2D eigenvalue weighted by atomic mass is 14.6. The monoisotopic (exact) mass is 298 g/mol. The van der Waals surface area contributed by atoms with E-state index >= 15 is 0 Å². The van der Waals surface area contributed by atoms with Crippen molar-refractivity contribution in [3.05, 3.63) is 60.2 Å². The molecule has 2 heteroatoms. The summed E-state index contributed by atoms with van der Waals surface area (Å²) in [4.78, 5) is 8.04. The van der Waals surface area contributed by atoms with Crippen LogP contribution in [0.1, 0.15) is 52.7 Å². The van der Waals surface area contributed by atoms with E-state index in [1.54, 1.807) is 0 Å². The molecule has 0 radical (unpaired) electrons. The zero-order valence-electron chi connectivity index (χ0n) is 14.9. The van der Waals surface area contributed by atoms with Crippen molar-refractivity contribution in [2.24, 2.45) is 10.8 Å². The summed E-state index contributed by atoms with van der Waals surface area (Å²) >= 11 is 0. The smallest absolute Gasteiger partial charge is 0.0300 e. The molecule has 0 fully saturated rings. The number of hydrogen-bond acceptors (Lipinski definition) is 2. The molecule has 0 aliphatic carbocycles. The molecule has 0 spiro atoms. The van der Waals surface area contributed by atoms with Crippen LogP contribution in [0.2, 0.25) is 0 Å². The van der Waals surface area contributed by atoms with Crippen molar-refractivity contribution >= 4 is 0 Å². The first-order valence-corrected chi connectivity index (χ1v) is 7.94. The van der Waals surface area contributed by atoms with Crippen LogP contribution in [0.3, 0.4) is 0 Å². The van der Waals surface area contributed by atoms with Crippen LogP contribution < -0.4 is 0 Å². The fourth-order valence-corrected chi connectivity index (χ4v) is 2.23. The lowest BCUT2D eigenvalue weighted by molar-refractivity contribution is 0.410. The Kier molecular flexibility index (Phi) is 6.73. The molecule has 2 aromatic heterocycles. The Bertz CT molecular complexity index is 468. The van der Waals surface area contributed by atoms with Gasteiger partial charge in [0.2, 0.25) is 0 Å². The summed E-state index contributed by atoms with van der Waals surface area (Å²) in [5, 5.41) is 0. The van der Waals surface area contributed by atoms with Crippen LogP contribution in [0.5, 0.6) is 0 Å². The lowest BCUT2D eigenvalue weighted by Gasteiger charge is -2.17. The molecule has 0 unspecified atom stereocenters. The van der Waals surface area contributed by atoms with Crippen LogP contribution in [0.4, 0.5) is 0 Å². The molecule has 0 saturated heterocycles. The van der Waals surface area contributed by atoms with Gasteiger partial charge in [-0.2, -0.15) is 0 Å². The number of nitrogens with zero attached hydrogens (tertiary/aromatic N) is 2. The van der Waals surface area contributed by atoms with Gasteiger partial charge in [-0.05, 0) is 53.0 Å². The number of pyridine rings is 2. The van der Waals surface area contributed by atoms with Gasteiger partial charge in [-0.1, -0.05) is 47.6 Å². The van der Waals surface area contributed by atoms with Gasteiger partial charge < -0.3 is 0 Å². The Hall–Kier alpha value is -1.70. The molecule has 0 aromatic carbocycles. The van der Waals surface area contributed by atoms with Gasteiger partial charge in [0.1, 0.15) is 0 Å². The van der Waals surface area contributed by atoms with Gasteiger partial charge in [0.05, 0.1) is 0 Å². The Morgan fingerprint density at radius 3 is 1.68 bits per heavy atom. The third kappa shape index (κ3) is 9.28. The predicted octanol–water partition coefficient (Wildman–Crippen LogP) is 5.34. The second-order valence-electron chi connectivity index (χ2n) is 8.19. The molecule has 0 atom stereocenters. The lowest BCUT2D eigenvalue weighted by Crippen LogP contribution is -2.08. The van der Waals surface area contributed by atoms with Crippen molar-refractivity contribution in [2.75, 3.05) is 0 Å². The van der Waals surface area contributed by atoms with E-state index in [9.17, 15) is 0 Å². The third-order valence-corrected chi connectivity index (χ3v) is 2.94. The predicted molar refractivity (Wildman–Crippen MR) is 94.8 cm³/mol. The molecule has 2 nitrogen and oxygen atoms in total. The van der Waals surface area contributed by atoms with E-state index in [0.29, 0.717) is 10.8 Å². The molecule has 0 amide bonds. The highest BCUT2D eigenvalue weighted by molar-refractivity contribution is 5.11. The molecule has 0 bridgehead atoms. The van der Waals surface area contributed by atoms with Crippen molar-refractivity contribution in [2.45, 2.75) is 54.4 Å². The number of hydrogen-bond donors (Lipinski definition) is 0. The first kappa shape index (κ1) is 18.3. The summed E-state index contributed by atoms with van der Waals surface area (Å²) in [6, 6.07) is 8.26. The summed E-state index contributed by atoms with van der Waals surface area (Å²) in [5.74, 6) is 0. The summed E-state index contributed by atoms with van der Waals surface area (Å²) < 4.78 is 0. The Balaban J connectivity index is 0.000000220. The number of rotatable bonds is 2. The van der Waals surface area contributed by atoms with Gasteiger partial charge in [-0.15, -0.1) is 0 Å². The Labute approximate surface area is 136 Å². The van der Waals surface area contributed by atoms with E-state index < -0.39 is 0 Å². The van der Waals surface area contributed by atoms with E-state index in [0.717, 1.165) is 12.8 Å². The first-order chi connectivity index (χ1) is 10.2. The van der Waals surface area contributed by atoms with Gasteiger partial charge in [0, 0.05) is 24.8 Å². The molecule has 0 N–H and O–H groups in total. The van der Waals surface area contributed by atoms with Crippen molar-refractivity contribution < 1.29 is 0 Å². The zero-order valence-corrected chi connectivity index (χ0v) is 14.9. The normalized spacial score (nSPS) is 11.5. The van der Waals surface area contributed by atoms with Gasteiger partial charge in [-0.3, -0.25) is 9.97 Å². The molecule has 0 aliphatic rings. The van der Waals surface area contributed by atoms with E-state index in [-0.39, 0.29) is 0 Å². The van der Waals surface area contributed by atoms with Crippen LogP contribution in [-0.2, 0) is 12.8 Å².